The van der Waals surface area contributed by atoms with Crippen molar-refractivity contribution in [2.45, 2.75) is 74.7 Å². The zero-order chi connectivity index (χ0) is 92.7. The number of hydrogen-bond donors (Lipinski definition) is 1. The first-order chi connectivity index (χ1) is 61.4. The van der Waals surface area contributed by atoms with Crippen molar-refractivity contribution < 1.29 is 105 Å². The molecule has 682 valence electrons. The van der Waals surface area contributed by atoms with Crippen LogP contribution in [0, 0.1) is 92.8 Å². The summed E-state index contributed by atoms with van der Waals surface area (Å²) in [6.45, 7) is 20.0. The summed E-state index contributed by atoms with van der Waals surface area (Å²) >= 11 is 17.1. The van der Waals surface area contributed by atoms with Crippen molar-refractivity contribution in [1.82, 2.24) is 24.9 Å². The van der Waals surface area contributed by atoms with Crippen LogP contribution in [0.4, 0.5) is 16.8 Å². The predicted octanol–water partition coefficient (Wildman–Crippen LogP) is 29.2. The van der Waals surface area contributed by atoms with E-state index in [0.717, 1.165) is 112 Å². The van der Waals surface area contributed by atoms with Gasteiger partial charge in [-0.05, 0) is 30.3 Å². The second kappa shape index (κ2) is 75.8. The SMILES string of the molecule is C[CH-]C.C[CH-]C.C[CH-]C.C[CH-]C.C[CH-]C.O=S(=O)(O)C(F)(F)F.[F][Ni].[Ni+2].[Ni+2].[Ni][Br].[Ni][I].[Se]c1ccccc1.[c-]1ccccc1-c1[c-]c(-c2ccccn2)ccc1.[c-]1ccccc1-c1[c-]c(-c2ccccn2)ccc1.[c-]1ccccc1-c1[c-]c(-c2ccccn2)ccc1.[c-]1ccccc1-c1[c-]c(-c2ccccn2)ccc1.[c-]1ccccc1-c1[c-]c(-c2ccccn2)ccc1. The molecule has 16 aromatic rings. The molecule has 0 atom stereocenters. The Bertz CT molecular complexity index is 4470. The van der Waals surface area contributed by atoms with E-state index in [1.165, 1.54) is 4.46 Å². The van der Waals surface area contributed by atoms with Gasteiger partial charge in [0.1, 0.15) is 0 Å². The van der Waals surface area contributed by atoms with Crippen LogP contribution in [0.15, 0.2) is 365 Å². The van der Waals surface area contributed by atoms with E-state index in [0.29, 0.717) is 0 Å². The summed E-state index contributed by atoms with van der Waals surface area (Å²) in [5, 5.41) is 0. The molecule has 0 aliphatic rings. The Hall–Kier alpha value is -9.00. The molecule has 0 aliphatic carbocycles. The fraction of sp³-hybridized carbons (Fsp3) is 0.103. The summed E-state index contributed by atoms with van der Waals surface area (Å²) in [7, 11) is -5.84. The van der Waals surface area contributed by atoms with Crippen LogP contribution in [0.3, 0.4) is 0 Å². The maximum Gasteiger partial charge on any atom is 0.0183 e. The molecule has 21 heteroatoms. The molecule has 11 aromatic carbocycles. The maximum absolute atomic E-state index is 10.7. The third kappa shape index (κ3) is 49.7. The summed E-state index contributed by atoms with van der Waals surface area (Å²) < 4.78 is 67.9. The third-order valence-electron chi connectivity index (χ3n) is 14.7. The Labute approximate surface area is 830 Å². The largest absolute Gasteiger partial charge is 0.295 e. The van der Waals surface area contributed by atoms with Crippen molar-refractivity contribution in [3.63, 3.8) is 0 Å². The van der Waals surface area contributed by atoms with Crippen molar-refractivity contribution >= 4 is 65.3 Å². The minimum absolute atomic E-state index is 0. The second-order valence-corrected chi connectivity index (χ2v) is 27.4. The summed E-state index contributed by atoms with van der Waals surface area (Å²) in [5.74, 6) is 0. The molecular formula is C107H96BrF4IN5Ni5O3SSe-11. The molecule has 128 heavy (non-hydrogen) atoms. The Balaban J connectivity index is 0.00000143. The molecule has 16 rings (SSSR count). The van der Waals surface area contributed by atoms with E-state index in [2.05, 4.69) is 158 Å². The average molecular weight is 2190 g/mol. The molecule has 0 bridgehead atoms. The number of aromatic nitrogens is 5. The van der Waals surface area contributed by atoms with Crippen molar-refractivity contribution in [3.05, 3.63) is 457 Å². The number of hydrogen-bond acceptors (Lipinski definition) is 7. The van der Waals surface area contributed by atoms with Gasteiger partial charge in [-0.2, -0.15) is 301 Å². The summed E-state index contributed by atoms with van der Waals surface area (Å²) in [6.07, 6.45) is 19.0. The van der Waals surface area contributed by atoms with Crippen molar-refractivity contribution in [3.8, 4) is 112 Å². The minimum atomic E-state index is -5.84. The van der Waals surface area contributed by atoms with Crippen LogP contribution in [-0.2, 0) is 85.0 Å². The van der Waals surface area contributed by atoms with Crippen molar-refractivity contribution in [1.29, 1.82) is 0 Å². The Kier molecular flexibility index (Phi) is 70.4. The maximum atomic E-state index is 10.7. The normalized spacial score (nSPS) is 9.40. The fourth-order valence-electron chi connectivity index (χ4n) is 9.71. The first-order valence-corrected chi connectivity index (χ1v) is 47.0. The van der Waals surface area contributed by atoms with Crippen LogP contribution < -0.4 is 4.46 Å². The van der Waals surface area contributed by atoms with E-state index < -0.39 is 15.6 Å². The van der Waals surface area contributed by atoms with Crippen LogP contribution in [0.2, 0.25) is 0 Å². The first-order valence-electron chi connectivity index (χ1n) is 38.7. The number of benzene rings is 11. The molecular weight excluding hydrogens is 2090 g/mol. The number of rotatable bonds is 10. The third-order valence-corrected chi connectivity index (χ3v) is 15.9. The van der Waals surface area contributed by atoms with E-state index >= 15 is 0 Å². The number of nitrogens with zero attached hydrogens (tertiary/aromatic N) is 5. The standard InChI is InChI=1S/5C17H11N.C6H5Se.5C3H7.CHF3O3S.BrH.FH.HI.5Ni/c5*1-2-7-14(8-3-1)15-9-6-10-16(13-15)17-11-4-5-12-18-17;7-6-4-2-1-3-5-6;5*1-3-2;2-1(3,4)8(5,6)7;;;;;;;;/h5*1-7,9-12H;1-5H;5*3H,1-2H3;(H,5,6,7);3*1H;;;;;/q5*-2;;5*-1;;;;;3*+1;2*+2/p-3. The van der Waals surface area contributed by atoms with E-state index in [-0.39, 0.29) is 33.0 Å². The molecule has 1 radical (unpaired) electrons. The number of alkyl halides is 3. The van der Waals surface area contributed by atoms with E-state index in [9.17, 15) is 13.2 Å². The van der Waals surface area contributed by atoms with Crippen LogP contribution in [-0.4, -0.2) is 59.4 Å². The smallest absolute Gasteiger partial charge is 0.0183 e. The molecule has 1 N–H and O–H groups in total. The molecule has 0 saturated heterocycles. The van der Waals surface area contributed by atoms with E-state index in [4.69, 9.17) is 16.6 Å². The predicted molar refractivity (Wildman–Crippen MR) is 516 cm³/mol. The molecule has 0 saturated carbocycles. The Morgan fingerprint density at radius 3 is 0.562 bits per heavy atom. The van der Waals surface area contributed by atoms with Gasteiger partial charge >= 0.3 is 180 Å². The first kappa shape index (κ1) is 119. The molecule has 0 amide bonds. The van der Waals surface area contributed by atoms with Gasteiger partial charge in [-0.15, -0.1) is 119 Å². The van der Waals surface area contributed by atoms with Crippen LogP contribution in [0.25, 0.3) is 112 Å². The molecule has 0 unspecified atom stereocenters. The fourth-order valence-corrected chi connectivity index (χ4v) is 10.0. The van der Waals surface area contributed by atoms with Gasteiger partial charge in [-0.3, -0.25) is 29.5 Å². The minimum Gasteiger partial charge on any atom is -0.295 e. The van der Waals surface area contributed by atoms with Crippen LogP contribution in [0.5, 0.6) is 0 Å². The van der Waals surface area contributed by atoms with Gasteiger partial charge in [0, 0.05) is 59.5 Å². The van der Waals surface area contributed by atoms with Gasteiger partial charge in [-0.25, -0.2) is 27.8 Å². The molecule has 0 aliphatic heterocycles. The van der Waals surface area contributed by atoms with Crippen molar-refractivity contribution in [2.24, 2.45) is 0 Å². The summed E-state index contributed by atoms with van der Waals surface area (Å²) in [4.78, 5) is 21.7. The summed E-state index contributed by atoms with van der Waals surface area (Å²) in [6, 6.07) is 143. The molecule has 0 spiro atoms. The Morgan fingerprint density at radius 2 is 0.438 bits per heavy atom. The zero-order valence-electron chi connectivity index (χ0n) is 71.7. The van der Waals surface area contributed by atoms with Gasteiger partial charge in [0.15, 0.2) is 0 Å². The van der Waals surface area contributed by atoms with Crippen LogP contribution in [0.1, 0.15) is 69.2 Å². The zero-order valence-corrected chi connectivity index (χ0v) is 82.9. The second-order valence-electron chi connectivity index (χ2n) is 25.0. The van der Waals surface area contributed by atoms with Gasteiger partial charge in [0.05, 0.1) is 0 Å². The number of halogens is 6. The van der Waals surface area contributed by atoms with Gasteiger partial charge in [0.2, 0.25) is 0 Å². The van der Waals surface area contributed by atoms with Crippen molar-refractivity contribution in [2.75, 3.05) is 0 Å². The van der Waals surface area contributed by atoms with E-state index in [1.54, 1.807) is 51.5 Å². The topological polar surface area (TPSA) is 119 Å². The monoisotopic (exact) mass is 2180 g/mol. The number of pyridine rings is 5. The molecule has 5 heterocycles. The van der Waals surface area contributed by atoms with E-state index in [1.807, 2.05) is 435 Å². The van der Waals surface area contributed by atoms with Gasteiger partial charge in [0.25, 0.3) is 0 Å². The van der Waals surface area contributed by atoms with Gasteiger partial charge < -0.3 is 32.1 Å². The quantitative estimate of drug-likeness (QED) is 0.0359. The molecule has 5 aromatic heterocycles. The molecule has 0 fully saturated rings. The van der Waals surface area contributed by atoms with Crippen LogP contribution >= 0.6 is 34.7 Å². The Morgan fingerprint density at radius 1 is 0.289 bits per heavy atom. The molecule has 8 nitrogen and oxygen atoms in total. The summed E-state index contributed by atoms with van der Waals surface area (Å²) in [5.41, 5.74) is 14.6. The average Bonchev–Trinajstić information content (AvgIpc) is 0.859. The van der Waals surface area contributed by atoms with Gasteiger partial charge in [-0.1, -0.05) is 60.7 Å².